The van der Waals surface area contributed by atoms with E-state index in [-0.39, 0.29) is 16.9 Å². The molecule has 0 amide bonds. The first-order valence-electron chi connectivity index (χ1n) is 6.80. The van der Waals surface area contributed by atoms with Crippen LogP contribution in [0.5, 0.6) is 5.88 Å². The molecule has 0 N–H and O–H groups in total. The molecule has 2 rings (SSSR count). The molecule has 2 unspecified atom stereocenters. The molecule has 2 heterocycles. The SMILES string of the molecule is CC(C)(C)C1Cc2cccnc2OC1C(C)(C)C. The van der Waals surface area contributed by atoms with Crippen LogP contribution >= 0.6 is 0 Å². The maximum Gasteiger partial charge on any atom is 0.216 e. The lowest BCUT2D eigenvalue weighted by Crippen LogP contribution is -2.48. The highest BCUT2D eigenvalue weighted by atomic mass is 16.5. The Morgan fingerprint density at radius 1 is 1.11 bits per heavy atom. The molecule has 0 aliphatic carbocycles. The summed E-state index contributed by atoms with van der Waals surface area (Å²) < 4.78 is 6.22. The van der Waals surface area contributed by atoms with Gasteiger partial charge < -0.3 is 4.74 Å². The maximum atomic E-state index is 6.22. The summed E-state index contributed by atoms with van der Waals surface area (Å²) in [4.78, 5) is 4.38. The topological polar surface area (TPSA) is 22.1 Å². The minimum Gasteiger partial charge on any atom is -0.473 e. The van der Waals surface area contributed by atoms with Gasteiger partial charge in [-0.2, -0.15) is 0 Å². The summed E-state index contributed by atoms with van der Waals surface area (Å²) in [6.07, 6.45) is 3.10. The van der Waals surface area contributed by atoms with Crippen molar-refractivity contribution < 1.29 is 4.74 Å². The Hall–Kier alpha value is -1.05. The quantitative estimate of drug-likeness (QED) is 0.688. The van der Waals surface area contributed by atoms with Gasteiger partial charge in [-0.05, 0) is 23.3 Å². The van der Waals surface area contributed by atoms with Gasteiger partial charge in [-0.25, -0.2) is 4.98 Å². The van der Waals surface area contributed by atoms with Crippen LogP contribution in [0.2, 0.25) is 0 Å². The summed E-state index contributed by atoms with van der Waals surface area (Å²) in [7, 11) is 0. The summed E-state index contributed by atoms with van der Waals surface area (Å²) in [6.45, 7) is 13.7. The van der Waals surface area contributed by atoms with E-state index in [0.29, 0.717) is 5.92 Å². The fourth-order valence-corrected chi connectivity index (χ4v) is 2.77. The first-order valence-corrected chi connectivity index (χ1v) is 6.80. The molecule has 1 aromatic heterocycles. The number of hydrogen-bond acceptors (Lipinski definition) is 2. The molecule has 0 fully saturated rings. The Labute approximate surface area is 111 Å². The monoisotopic (exact) mass is 247 g/mol. The average molecular weight is 247 g/mol. The second-order valence-electron chi connectivity index (χ2n) is 7.55. The van der Waals surface area contributed by atoms with Crippen LogP contribution < -0.4 is 4.74 Å². The number of nitrogens with zero attached hydrogens (tertiary/aromatic N) is 1. The molecule has 0 saturated heterocycles. The lowest BCUT2D eigenvalue weighted by Gasteiger charge is -2.46. The summed E-state index contributed by atoms with van der Waals surface area (Å²) in [6, 6.07) is 4.14. The van der Waals surface area contributed by atoms with E-state index < -0.39 is 0 Å². The van der Waals surface area contributed by atoms with Crippen LogP contribution in [-0.4, -0.2) is 11.1 Å². The van der Waals surface area contributed by atoms with Crippen molar-refractivity contribution in [3.63, 3.8) is 0 Å². The predicted octanol–water partition coefficient (Wildman–Crippen LogP) is 4.09. The van der Waals surface area contributed by atoms with E-state index in [9.17, 15) is 0 Å². The number of fused-ring (bicyclic) bond motifs is 1. The van der Waals surface area contributed by atoms with Crippen LogP contribution in [0.15, 0.2) is 18.3 Å². The Morgan fingerprint density at radius 3 is 2.33 bits per heavy atom. The van der Waals surface area contributed by atoms with Gasteiger partial charge >= 0.3 is 0 Å². The molecular formula is C16H25NO. The largest absolute Gasteiger partial charge is 0.473 e. The second-order valence-corrected chi connectivity index (χ2v) is 7.55. The Balaban J connectivity index is 2.40. The van der Waals surface area contributed by atoms with Gasteiger partial charge in [0.2, 0.25) is 5.88 Å². The van der Waals surface area contributed by atoms with E-state index in [1.54, 1.807) is 0 Å². The molecule has 0 saturated carbocycles. The number of pyridine rings is 1. The lowest BCUT2D eigenvalue weighted by molar-refractivity contribution is -0.0279. The fraction of sp³-hybridized carbons (Fsp3) is 0.688. The van der Waals surface area contributed by atoms with E-state index in [4.69, 9.17) is 4.74 Å². The molecule has 0 spiro atoms. The third-order valence-electron chi connectivity index (χ3n) is 3.86. The van der Waals surface area contributed by atoms with Gasteiger partial charge in [-0.3, -0.25) is 0 Å². The van der Waals surface area contributed by atoms with Crippen LogP contribution in [0.4, 0.5) is 0 Å². The van der Waals surface area contributed by atoms with Crippen molar-refractivity contribution in [1.29, 1.82) is 0 Å². The van der Waals surface area contributed by atoms with Gasteiger partial charge in [0, 0.05) is 17.7 Å². The maximum absolute atomic E-state index is 6.22. The van der Waals surface area contributed by atoms with Crippen molar-refractivity contribution in [1.82, 2.24) is 4.98 Å². The van der Waals surface area contributed by atoms with Crippen molar-refractivity contribution in [2.75, 3.05) is 0 Å². The van der Waals surface area contributed by atoms with Gasteiger partial charge in [0.1, 0.15) is 6.10 Å². The third kappa shape index (κ3) is 2.52. The second kappa shape index (κ2) is 4.25. The molecular weight excluding hydrogens is 222 g/mol. The summed E-state index contributed by atoms with van der Waals surface area (Å²) in [5.41, 5.74) is 1.62. The normalized spacial score (nSPS) is 24.3. The van der Waals surface area contributed by atoms with Crippen LogP contribution in [0.25, 0.3) is 0 Å². The van der Waals surface area contributed by atoms with E-state index in [2.05, 4.69) is 52.6 Å². The van der Waals surface area contributed by atoms with Crippen LogP contribution in [0, 0.1) is 16.7 Å². The zero-order chi connectivity index (χ0) is 13.6. The molecule has 2 nitrogen and oxygen atoms in total. The van der Waals surface area contributed by atoms with Crippen molar-refractivity contribution in [3.05, 3.63) is 23.9 Å². The Kier molecular flexibility index (Phi) is 3.16. The fourth-order valence-electron chi connectivity index (χ4n) is 2.77. The zero-order valence-electron chi connectivity index (χ0n) is 12.4. The lowest BCUT2D eigenvalue weighted by atomic mass is 9.66. The molecule has 0 aromatic carbocycles. The molecule has 2 heteroatoms. The summed E-state index contributed by atoms with van der Waals surface area (Å²) >= 11 is 0. The van der Waals surface area contributed by atoms with E-state index in [1.165, 1.54) is 5.56 Å². The number of hydrogen-bond donors (Lipinski definition) is 0. The van der Waals surface area contributed by atoms with Crippen LogP contribution in [0.1, 0.15) is 47.1 Å². The van der Waals surface area contributed by atoms with Gasteiger partial charge in [0.15, 0.2) is 0 Å². The molecule has 0 bridgehead atoms. The Morgan fingerprint density at radius 2 is 1.78 bits per heavy atom. The molecule has 100 valence electrons. The number of rotatable bonds is 0. The smallest absolute Gasteiger partial charge is 0.216 e. The number of ether oxygens (including phenoxy) is 1. The highest BCUT2D eigenvalue weighted by Gasteiger charge is 2.43. The van der Waals surface area contributed by atoms with Gasteiger partial charge in [-0.15, -0.1) is 0 Å². The minimum atomic E-state index is 0.132. The minimum absolute atomic E-state index is 0.132. The van der Waals surface area contributed by atoms with Crippen molar-refractivity contribution in [2.24, 2.45) is 16.7 Å². The highest BCUT2D eigenvalue weighted by molar-refractivity contribution is 5.29. The van der Waals surface area contributed by atoms with Crippen LogP contribution in [-0.2, 0) is 6.42 Å². The summed E-state index contributed by atoms with van der Waals surface area (Å²) in [5, 5.41) is 0. The molecule has 18 heavy (non-hydrogen) atoms. The predicted molar refractivity (Wildman–Crippen MR) is 74.8 cm³/mol. The standard InChI is InChI=1S/C16H25NO/c1-15(2,3)12-10-11-8-7-9-17-14(11)18-13(12)16(4,5)6/h7-9,12-13H,10H2,1-6H3. The molecule has 1 aromatic rings. The average Bonchev–Trinajstić information content (AvgIpc) is 2.25. The van der Waals surface area contributed by atoms with Gasteiger partial charge in [-0.1, -0.05) is 47.6 Å². The van der Waals surface area contributed by atoms with E-state index in [0.717, 1.165) is 12.3 Å². The van der Waals surface area contributed by atoms with E-state index in [1.807, 2.05) is 12.3 Å². The van der Waals surface area contributed by atoms with Crippen LogP contribution in [0.3, 0.4) is 0 Å². The number of aromatic nitrogens is 1. The van der Waals surface area contributed by atoms with Gasteiger partial charge in [0.25, 0.3) is 0 Å². The zero-order valence-corrected chi connectivity index (χ0v) is 12.4. The first kappa shape index (κ1) is 13.4. The van der Waals surface area contributed by atoms with Gasteiger partial charge in [0.05, 0.1) is 0 Å². The van der Waals surface area contributed by atoms with Crippen molar-refractivity contribution in [3.8, 4) is 5.88 Å². The van der Waals surface area contributed by atoms with Crippen molar-refractivity contribution >= 4 is 0 Å². The first-order chi connectivity index (χ1) is 8.19. The Bertz CT molecular complexity index is 384. The molecule has 2 atom stereocenters. The third-order valence-corrected chi connectivity index (χ3v) is 3.86. The van der Waals surface area contributed by atoms with E-state index >= 15 is 0 Å². The molecule has 1 aliphatic heterocycles. The van der Waals surface area contributed by atoms with Crippen molar-refractivity contribution in [2.45, 2.75) is 54.1 Å². The summed E-state index contributed by atoms with van der Waals surface area (Å²) in [5.74, 6) is 1.35. The molecule has 0 radical (unpaired) electrons. The molecule has 1 aliphatic rings. The highest BCUT2D eigenvalue weighted by Crippen LogP contribution is 2.44.